The molecule has 5 nitrogen and oxygen atoms in total. The van der Waals surface area contributed by atoms with Crippen LogP contribution in [-0.2, 0) is 4.79 Å². The lowest BCUT2D eigenvalue weighted by molar-refractivity contribution is -0.123. The van der Waals surface area contributed by atoms with Crippen molar-refractivity contribution in [1.82, 2.24) is 15.1 Å². The van der Waals surface area contributed by atoms with Crippen molar-refractivity contribution in [3.63, 3.8) is 0 Å². The molecule has 1 saturated heterocycles. The number of carbonyl (C=O) groups is 1. The van der Waals surface area contributed by atoms with Crippen LogP contribution in [0.4, 0.5) is 0 Å². The molecule has 26 heavy (non-hydrogen) atoms. The summed E-state index contributed by atoms with van der Waals surface area (Å²) in [6.07, 6.45) is 4.77. The van der Waals surface area contributed by atoms with E-state index < -0.39 is 0 Å². The van der Waals surface area contributed by atoms with E-state index in [1.807, 2.05) is 30.3 Å². The molecule has 1 N–H and O–H groups in total. The molecule has 1 saturated carbocycles. The van der Waals surface area contributed by atoms with Gasteiger partial charge in [-0.2, -0.15) is 0 Å². The standard InChI is InChI=1S/C21H33N3O2/c1-18-7-9-19(10-8-18)22-21(25)17-24-13-11-23(12-14-24)15-16-26-20-5-3-2-4-6-20/h2-6,18-19H,7-17H2,1H3,(H,22,25). The molecular formula is C21H33N3O2. The van der Waals surface area contributed by atoms with Gasteiger partial charge in [0.05, 0.1) is 6.54 Å². The normalized spacial score (nSPS) is 25.0. The number of ether oxygens (including phenoxy) is 1. The molecule has 5 heteroatoms. The summed E-state index contributed by atoms with van der Waals surface area (Å²) in [7, 11) is 0. The van der Waals surface area contributed by atoms with Crippen LogP contribution in [0.15, 0.2) is 30.3 Å². The maximum absolute atomic E-state index is 12.3. The summed E-state index contributed by atoms with van der Waals surface area (Å²) in [5.74, 6) is 1.95. The first kappa shape index (κ1) is 19.2. The van der Waals surface area contributed by atoms with Crippen LogP contribution in [0, 0.1) is 5.92 Å². The Bertz CT molecular complexity index is 535. The summed E-state index contributed by atoms with van der Waals surface area (Å²) in [4.78, 5) is 17.0. The fourth-order valence-electron chi connectivity index (χ4n) is 3.86. The Morgan fingerprint density at radius 1 is 1.04 bits per heavy atom. The van der Waals surface area contributed by atoms with Gasteiger partial charge in [0.25, 0.3) is 0 Å². The van der Waals surface area contributed by atoms with Gasteiger partial charge in [-0.1, -0.05) is 25.1 Å². The van der Waals surface area contributed by atoms with Gasteiger partial charge in [0.15, 0.2) is 0 Å². The molecule has 2 aliphatic rings. The van der Waals surface area contributed by atoms with Gasteiger partial charge in [0, 0.05) is 38.8 Å². The molecule has 1 aliphatic carbocycles. The zero-order chi connectivity index (χ0) is 18.2. The van der Waals surface area contributed by atoms with Crippen LogP contribution >= 0.6 is 0 Å². The first-order chi connectivity index (χ1) is 12.7. The lowest BCUT2D eigenvalue weighted by atomic mass is 9.87. The number of hydrogen-bond donors (Lipinski definition) is 1. The first-order valence-corrected chi connectivity index (χ1v) is 10.1. The molecule has 3 rings (SSSR count). The topological polar surface area (TPSA) is 44.8 Å². The van der Waals surface area contributed by atoms with Crippen LogP contribution in [0.5, 0.6) is 5.75 Å². The lowest BCUT2D eigenvalue weighted by Crippen LogP contribution is -2.51. The van der Waals surface area contributed by atoms with Gasteiger partial charge in [0.2, 0.25) is 5.91 Å². The van der Waals surface area contributed by atoms with E-state index in [0.717, 1.165) is 57.2 Å². The van der Waals surface area contributed by atoms with Crippen molar-refractivity contribution in [2.24, 2.45) is 5.92 Å². The van der Waals surface area contributed by atoms with Crippen LogP contribution in [0.3, 0.4) is 0 Å². The van der Waals surface area contributed by atoms with Gasteiger partial charge in [-0.05, 0) is 43.7 Å². The molecule has 0 atom stereocenters. The molecule has 0 bridgehead atoms. The Hall–Kier alpha value is -1.59. The first-order valence-electron chi connectivity index (χ1n) is 10.1. The Balaban J connectivity index is 1.28. The highest BCUT2D eigenvalue weighted by Crippen LogP contribution is 2.23. The number of piperazine rings is 1. The van der Waals surface area contributed by atoms with Gasteiger partial charge < -0.3 is 10.1 Å². The van der Waals surface area contributed by atoms with Crippen LogP contribution in [0.1, 0.15) is 32.6 Å². The van der Waals surface area contributed by atoms with Gasteiger partial charge in [-0.3, -0.25) is 14.6 Å². The number of carbonyl (C=O) groups excluding carboxylic acids is 1. The number of hydrogen-bond acceptors (Lipinski definition) is 4. The number of nitrogens with zero attached hydrogens (tertiary/aromatic N) is 2. The van der Waals surface area contributed by atoms with E-state index in [2.05, 4.69) is 22.0 Å². The highest BCUT2D eigenvalue weighted by Gasteiger charge is 2.22. The van der Waals surface area contributed by atoms with Gasteiger partial charge >= 0.3 is 0 Å². The van der Waals surface area contributed by atoms with Crippen molar-refractivity contribution in [3.8, 4) is 5.75 Å². The SMILES string of the molecule is CC1CCC(NC(=O)CN2CCN(CCOc3ccccc3)CC2)CC1. The van der Waals surface area contributed by atoms with Gasteiger partial charge in [0.1, 0.15) is 12.4 Å². The molecule has 1 heterocycles. The number of rotatable bonds is 7. The molecule has 0 spiro atoms. The van der Waals surface area contributed by atoms with Crippen molar-refractivity contribution in [1.29, 1.82) is 0 Å². The second-order valence-corrected chi connectivity index (χ2v) is 7.80. The van der Waals surface area contributed by atoms with E-state index in [0.29, 0.717) is 19.2 Å². The van der Waals surface area contributed by atoms with E-state index in [-0.39, 0.29) is 5.91 Å². The van der Waals surface area contributed by atoms with Crippen LogP contribution in [-0.4, -0.2) is 67.6 Å². The highest BCUT2D eigenvalue weighted by atomic mass is 16.5. The van der Waals surface area contributed by atoms with E-state index in [1.165, 1.54) is 12.8 Å². The summed E-state index contributed by atoms with van der Waals surface area (Å²) < 4.78 is 5.77. The molecule has 1 amide bonds. The minimum Gasteiger partial charge on any atom is -0.492 e. The van der Waals surface area contributed by atoms with E-state index in [9.17, 15) is 4.79 Å². The van der Waals surface area contributed by atoms with Crippen molar-refractivity contribution in [2.75, 3.05) is 45.9 Å². The molecular weight excluding hydrogens is 326 g/mol. The molecule has 0 aromatic heterocycles. The maximum Gasteiger partial charge on any atom is 0.234 e. The smallest absolute Gasteiger partial charge is 0.234 e. The lowest BCUT2D eigenvalue weighted by Gasteiger charge is -2.34. The van der Waals surface area contributed by atoms with Gasteiger partial charge in [-0.25, -0.2) is 0 Å². The summed E-state index contributed by atoms with van der Waals surface area (Å²) in [6, 6.07) is 10.4. The summed E-state index contributed by atoms with van der Waals surface area (Å²) in [5, 5.41) is 3.24. The summed E-state index contributed by atoms with van der Waals surface area (Å²) in [6.45, 7) is 8.43. The largest absolute Gasteiger partial charge is 0.492 e. The second-order valence-electron chi connectivity index (χ2n) is 7.80. The Morgan fingerprint density at radius 3 is 2.38 bits per heavy atom. The molecule has 144 valence electrons. The third-order valence-corrected chi connectivity index (χ3v) is 5.63. The quantitative estimate of drug-likeness (QED) is 0.812. The monoisotopic (exact) mass is 359 g/mol. The van der Waals surface area contributed by atoms with E-state index in [4.69, 9.17) is 4.74 Å². The fraction of sp³-hybridized carbons (Fsp3) is 0.667. The average Bonchev–Trinajstić information content (AvgIpc) is 2.66. The predicted molar refractivity (Wildman–Crippen MR) is 104 cm³/mol. The Kier molecular flexibility index (Phi) is 7.32. The molecule has 0 radical (unpaired) electrons. The Morgan fingerprint density at radius 2 is 1.69 bits per heavy atom. The average molecular weight is 360 g/mol. The third-order valence-electron chi connectivity index (χ3n) is 5.63. The van der Waals surface area contributed by atoms with Crippen molar-refractivity contribution < 1.29 is 9.53 Å². The second kappa shape index (κ2) is 9.93. The van der Waals surface area contributed by atoms with Crippen LogP contribution in [0.25, 0.3) is 0 Å². The molecule has 2 fully saturated rings. The minimum absolute atomic E-state index is 0.199. The third kappa shape index (κ3) is 6.29. The maximum atomic E-state index is 12.3. The zero-order valence-corrected chi connectivity index (χ0v) is 16.0. The number of amides is 1. The summed E-state index contributed by atoms with van der Waals surface area (Å²) >= 11 is 0. The Labute approximate surface area is 157 Å². The van der Waals surface area contributed by atoms with E-state index in [1.54, 1.807) is 0 Å². The van der Waals surface area contributed by atoms with Crippen molar-refractivity contribution in [3.05, 3.63) is 30.3 Å². The van der Waals surface area contributed by atoms with E-state index >= 15 is 0 Å². The predicted octanol–water partition coefficient (Wildman–Crippen LogP) is 2.38. The minimum atomic E-state index is 0.199. The molecule has 1 aromatic rings. The molecule has 1 aliphatic heterocycles. The number of benzene rings is 1. The number of para-hydroxylation sites is 1. The van der Waals surface area contributed by atoms with Crippen molar-refractivity contribution in [2.45, 2.75) is 38.6 Å². The van der Waals surface area contributed by atoms with Gasteiger partial charge in [-0.15, -0.1) is 0 Å². The highest BCUT2D eigenvalue weighted by molar-refractivity contribution is 5.78. The van der Waals surface area contributed by atoms with Crippen molar-refractivity contribution >= 4 is 5.91 Å². The fourth-order valence-corrected chi connectivity index (χ4v) is 3.86. The van der Waals surface area contributed by atoms with Crippen LogP contribution < -0.4 is 10.1 Å². The molecule has 0 unspecified atom stereocenters. The number of nitrogens with one attached hydrogen (secondary N) is 1. The summed E-state index contributed by atoms with van der Waals surface area (Å²) in [5.41, 5.74) is 0. The zero-order valence-electron chi connectivity index (χ0n) is 16.0. The van der Waals surface area contributed by atoms with Crippen LogP contribution in [0.2, 0.25) is 0 Å². The molecule has 1 aromatic carbocycles.